The zero-order valence-electron chi connectivity index (χ0n) is 27.1. The second-order valence-corrected chi connectivity index (χ2v) is 14.8. The normalized spacial score (nSPS) is 20.4. The molecule has 0 spiro atoms. The van der Waals surface area contributed by atoms with Gasteiger partial charge < -0.3 is 14.6 Å². The van der Waals surface area contributed by atoms with E-state index in [0.29, 0.717) is 28.1 Å². The number of imidazole rings is 1. The number of piperazine rings is 1. The van der Waals surface area contributed by atoms with Crippen LogP contribution in [0, 0.1) is 0 Å². The summed E-state index contributed by atoms with van der Waals surface area (Å²) in [4.78, 5) is 63.2. The van der Waals surface area contributed by atoms with Crippen LogP contribution in [0.15, 0.2) is 48.5 Å². The van der Waals surface area contributed by atoms with E-state index in [1.54, 1.807) is 30.3 Å². The molecule has 5 heterocycles. The van der Waals surface area contributed by atoms with E-state index in [4.69, 9.17) is 23.2 Å². The summed E-state index contributed by atoms with van der Waals surface area (Å²) in [7, 11) is 0. The number of halogens is 5. The number of rotatable bonds is 7. The van der Waals surface area contributed by atoms with Crippen LogP contribution in [-0.2, 0) is 15.8 Å². The second kappa shape index (κ2) is 13.3. The van der Waals surface area contributed by atoms with Gasteiger partial charge in [0, 0.05) is 80.1 Å². The van der Waals surface area contributed by atoms with Crippen LogP contribution in [0.25, 0.3) is 22.4 Å². The van der Waals surface area contributed by atoms with E-state index in [1.165, 1.54) is 12.1 Å². The number of fused-ring (bicyclic) bond motifs is 2. The Kier molecular flexibility index (Phi) is 8.85. The standard InChI is InChI=1S/C34H29Cl2F3N8O4S/c35-18-1-4-25(23(13-18)30-40-26-12-17(34(37,38)39)11-24(36)29(26)42-30)43-52-46-9-7-44(8-10-46)20-15-45(16-20)19-2-3-21-22(14-19)33(51)47(32(21)50)27-5-6-28(48)41-31(27)49/h1-4,11-14,20,27,43H,5-10,15-16H2,(H,40,42)(H,41,48,49). The fourth-order valence-electron chi connectivity index (χ4n) is 6.99. The zero-order chi connectivity index (χ0) is 36.5. The molecule has 8 rings (SSSR count). The van der Waals surface area contributed by atoms with Gasteiger partial charge in [0.15, 0.2) is 0 Å². The van der Waals surface area contributed by atoms with Crippen LogP contribution in [0.5, 0.6) is 0 Å². The number of hydrogen-bond acceptors (Lipinski definition) is 10. The molecule has 1 aromatic heterocycles. The fourth-order valence-corrected chi connectivity index (χ4v) is 8.18. The Morgan fingerprint density at radius 3 is 2.37 bits per heavy atom. The molecule has 3 aromatic carbocycles. The number of carbonyl (C=O) groups excluding carboxylic acids is 4. The smallest absolute Gasteiger partial charge is 0.368 e. The number of nitrogens with one attached hydrogen (secondary N) is 3. The second-order valence-electron chi connectivity index (χ2n) is 13.0. The average Bonchev–Trinajstić information content (AvgIpc) is 3.63. The molecule has 0 radical (unpaired) electrons. The minimum Gasteiger partial charge on any atom is -0.368 e. The Morgan fingerprint density at radius 1 is 0.885 bits per heavy atom. The van der Waals surface area contributed by atoms with Crippen molar-refractivity contribution < 1.29 is 32.3 Å². The number of aromatic amines is 1. The Labute approximate surface area is 308 Å². The number of piperidine rings is 1. The van der Waals surface area contributed by atoms with Crippen molar-refractivity contribution in [1.82, 2.24) is 29.4 Å². The van der Waals surface area contributed by atoms with Crippen molar-refractivity contribution in [2.75, 3.05) is 48.9 Å². The molecule has 4 aromatic rings. The molecule has 0 saturated carbocycles. The Balaban J connectivity index is 0.862. The quantitative estimate of drug-likeness (QED) is 0.165. The van der Waals surface area contributed by atoms with Gasteiger partial charge in [-0.3, -0.25) is 34.3 Å². The highest BCUT2D eigenvalue weighted by Gasteiger charge is 2.45. The number of amides is 4. The molecule has 52 heavy (non-hydrogen) atoms. The highest BCUT2D eigenvalue weighted by Crippen LogP contribution is 2.38. The molecule has 1 atom stereocenters. The third kappa shape index (κ3) is 6.36. The molecular formula is C34H29Cl2F3N8O4S. The molecule has 0 bridgehead atoms. The third-order valence-corrected chi connectivity index (χ3v) is 11.3. The summed E-state index contributed by atoms with van der Waals surface area (Å²) in [5, 5.41) is 2.54. The van der Waals surface area contributed by atoms with E-state index in [0.717, 1.165) is 62.0 Å². The van der Waals surface area contributed by atoms with Crippen LogP contribution in [-0.4, -0.2) is 99.1 Å². The molecule has 1 unspecified atom stereocenters. The van der Waals surface area contributed by atoms with Gasteiger partial charge in [0.25, 0.3) is 11.8 Å². The van der Waals surface area contributed by atoms with Crippen LogP contribution >= 0.6 is 35.3 Å². The van der Waals surface area contributed by atoms with E-state index in [-0.39, 0.29) is 40.0 Å². The molecular weight excluding hydrogens is 744 g/mol. The SMILES string of the molecule is O=C1CCC(N2C(=O)c3ccc(N4CC(N5CCN(SNc6ccc(Cl)cc6-c6nc7c(Cl)cc(C(F)(F)F)cc7[nH]6)CC5)C4)cc3C2=O)C(=O)N1. The highest BCUT2D eigenvalue weighted by molar-refractivity contribution is 7.98. The zero-order valence-corrected chi connectivity index (χ0v) is 29.4. The molecule has 4 aliphatic heterocycles. The lowest BCUT2D eigenvalue weighted by molar-refractivity contribution is -0.138. The highest BCUT2D eigenvalue weighted by atomic mass is 35.5. The van der Waals surface area contributed by atoms with Gasteiger partial charge in [-0.05, 0) is 55.0 Å². The molecule has 3 N–H and O–H groups in total. The average molecular weight is 774 g/mol. The van der Waals surface area contributed by atoms with Crippen LogP contribution in [0.2, 0.25) is 10.0 Å². The Morgan fingerprint density at radius 2 is 1.63 bits per heavy atom. The number of benzene rings is 3. The number of anilines is 2. The summed E-state index contributed by atoms with van der Waals surface area (Å²) in [6.45, 7) is 4.68. The first-order valence-electron chi connectivity index (χ1n) is 16.4. The topological polar surface area (TPSA) is 134 Å². The number of imide groups is 2. The van der Waals surface area contributed by atoms with E-state index < -0.39 is 41.4 Å². The van der Waals surface area contributed by atoms with Crippen molar-refractivity contribution in [3.05, 3.63) is 75.3 Å². The van der Waals surface area contributed by atoms with Crippen LogP contribution in [0.4, 0.5) is 24.5 Å². The lowest BCUT2D eigenvalue weighted by Crippen LogP contribution is -2.62. The van der Waals surface area contributed by atoms with Crippen molar-refractivity contribution in [3.8, 4) is 11.4 Å². The van der Waals surface area contributed by atoms with Crippen LogP contribution < -0.4 is 14.9 Å². The number of carbonyl (C=O) groups is 4. The summed E-state index contributed by atoms with van der Waals surface area (Å²) in [5.41, 5.74) is 2.11. The van der Waals surface area contributed by atoms with Crippen molar-refractivity contribution in [2.24, 2.45) is 0 Å². The lowest BCUT2D eigenvalue weighted by Gasteiger charge is -2.49. The Bertz CT molecular complexity index is 2150. The Hall–Kier alpha value is -4.35. The van der Waals surface area contributed by atoms with Gasteiger partial charge in [0.05, 0.1) is 32.9 Å². The molecule has 12 nitrogen and oxygen atoms in total. The first-order chi connectivity index (χ1) is 24.8. The molecule has 4 amide bonds. The van der Waals surface area contributed by atoms with Gasteiger partial charge in [-0.25, -0.2) is 9.29 Å². The maximum atomic E-state index is 13.4. The monoisotopic (exact) mass is 772 g/mol. The van der Waals surface area contributed by atoms with Crippen molar-refractivity contribution in [2.45, 2.75) is 31.1 Å². The number of H-pyrrole nitrogens is 1. The fraction of sp³-hybridized carbons (Fsp3) is 0.324. The van der Waals surface area contributed by atoms with Crippen molar-refractivity contribution in [1.29, 1.82) is 0 Å². The summed E-state index contributed by atoms with van der Waals surface area (Å²) in [5.74, 6) is -1.78. The van der Waals surface area contributed by atoms with Gasteiger partial charge in [0.2, 0.25) is 11.8 Å². The lowest BCUT2D eigenvalue weighted by atomic mass is 10.0. The van der Waals surface area contributed by atoms with E-state index in [2.05, 4.69) is 34.1 Å². The van der Waals surface area contributed by atoms with Crippen molar-refractivity contribution in [3.63, 3.8) is 0 Å². The first kappa shape index (κ1) is 34.7. The van der Waals surface area contributed by atoms with Gasteiger partial charge >= 0.3 is 6.18 Å². The summed E-state index contributed by atoms with van der Waals surface area (Å²) in [6.07, 6.45) is -4.38. The number of hydrogen-bond donors (Lipinski definition) is 3. The largest absolute Gasteiger partial charge is 0.416 e. The van der Waals surface area contributed by atoms with E-state index in [9.17, 15) is 32.3 Å². The van der Waals surface area contributed by atoms with Crippen LogP contribution in [0.1, 0.15) is 39.1 Å². The summed E-state index contributed by atoms with van der Waals surface area (Å²) in [6, 6.07) is 11.5. The van der Waals surface area contributed by atoms with Crippen molar-refractivity contribution >= 4 is 81.4 Å². The summed E-state index contributed by atoms with van der Waals surface area (Å²) >= 11 is 13.9. The molecule has 18 heteroatoms. The maximum Gasteiger partial charge on any atom is 0.416 e. The van der Waals surface area contributed by atoms with E-state index in [1.807, 2.05) is 6.07 Å². The van der Waals surface area contributed by atoms with Gasteiger partial charge in [-0.2, -0.15) is 13.2 Å². The van der Waals surface area contributed by atoms with Gasteiger partial charge in [-0.1, -0.05) is 23.2 Å². The molecule has 3 fully saturated rings. The maximum absolute atomic E-state index is 13.4. The van der Waals surface area contributed by atoms with Gasteiger partial charge in [-0.15, -0.1) is 0 Å². The molecule has 3 saturated heterocycles. The van der Waals surface area contributed by atoms with E-state index >= 15 is 0 Å². The van der Waals surface area contributed by atoms with Crippen LogP contribution in [0.3, 0.4) is 0 Å². The molecule has 4 aliphatic rings. The molecule has 270 valence electrons. The summed E-state index contributed by atoms with van der Waals surface area (Å²) < 4.78 is 45.6. The number of alkyl halides is 3. The minimum atomic E-state index is -4.55. The molecule has 0 aliphatic carbocycles. The predicted octanol–water partition coefficient (Wildman–Crippen LogP) is 5.44. The third-order valence-electron chi connectivity index (χ3n) is 9.83. The predicted molar refractivity (Wildman–Crippen MR) is 190 cm³/mol. The van der Waals surface area contributed by atoms with Gasteiger partial charge in [0.1, 0.15) is 17.4 Å². The first-order valence-corrected chi connectivity index (χ1v) is 18.0. The number of aromatic nitrogens is 2. The number of nitrogens with zero attached hydrogens (tertiary/aromatic N) is 5. The minimum absolute atomic E-state index is 0.0659.